The number of hydrogen-bond donors (Lipinski definition) is 1. The summed E-state index contributed by atoms with van der Waals surface area (Å²) in [7, 11) is 0. The van der Waals surface area contributed by atoms with E-state index < -0.39 is 0 Å². The van der Waals surface area contributed by atoms with Gasteiger partial charge in [0, 0.05) is 18.7 Å². The van der Waals surface area contributed by atoms with Crippen LogP contribution in [0.2, 0.25) is 0 Å². The lowest BCUT2D eigenvalue weighted by atomic mass is 10.0. The Hall–Kier alpha value is -0.860. The zero-order chi connectivity index (χ0) is 14.6. The molecule has 0 radical (unpaired) electrons. The molecule has 0 spiro atoms. The van der Waals surface area contributed by atoms with Gasteiger partial charge < -0.3 is 10.1 Å². The molecule has 1 aliphatic rings. The molecule has 1 fully saturated rings. The van der Waals surface area contributed by atoms with Gasteiger partial charge in [-0.05, 0) is 45.6 Å². The summed E-state index contributed by atoms with van der Waals surface area (Å²) in [6.07, 6.45) is 4.18. The molecule has 1 aromatic carbocycles. The van der Waals surface area contributed by atoms with E-state index in [0.717, 1.165) is 19.1 Å². The summed E-state index contributed by atoms with van der Waals surface area (Å²) in [5, 5.41) is 3.57. The number of aryl methyl sites for hydroxylation is 1. The Morgan fingerprint density at radius 2 is 2.05 bits per heavy atom. The van der Waals surface area contributed by atoms with Gasteiger partial charge in [0.05, 0.1) is 6.10 Å². The van der Waals surface area contributed by atoms with E-state index in [2.05, 4.69) is 57.3 Å². The van der Waals surface area contributed by atoms with Crippen molar-refractivity contribution < 1.29 is 4.74 Å². The molecule has 0 amide bonds. The number of benzene rings is 1. The summed E-state index contributed by atoms with van der Waals surface area (Å²) in [6.45, 7) is 10.5. The minimum atomic E-state index is 0.127. The molecule has 1 saturated carbocycles. The largest absolute Gasteiger partial charge is 0.372 e. The Kier molecular flexibility index (Phi) is 5.22. The molecule has 112 valence electrons. The molecule has 0 bridgehead atoms. The van der Waals surface area contributed by atoms with E-state index in [4.69, 9.17) is 4.74 Å². The first-order chi connectivity index (χ1) is 9.44. The predicted molar refractivity (Wildman–Crippen MR) is 85.0 cm³/mol. The molecule has 2 nitrogen and oxygen atoms in total. The quantitative estimate of drug-likeness (QED) is 0.803. The third-order valence-corrected chi connectivity index (χ3v) is 3.77. The first kappa shape index (κ1) is 15.5. The van der Waals surface area contributed by atoms with Gasteiger partial charge >= 0.3 is 0 Å². The van der Waals surface area contributed by atoms with Gasteiger partial charge in [0.15, 0.2) is 0 Å². The minimum Gasteiger partial charge on any atom is -0.372 e. The Morgan fingerprint density at radius 3 is 2.65 bits per heavy atom. The lowest BCUT2D eigenvalue weighted by molar-refractivity contribution is 0.0444. The Balaban J connectivity index is 1.94. The first-order valence-electron chi connectivity index (χ1n) is 7.87. The maximum absolute atomic E-state index is 6.17. The molecule has 20 heavy (non-hydrogen) atoms. The second kappa shape index (κ2) is 6.73. The molecule has 1 N–H and O–H groups in total. The average molecular weight is 275 g/mol. The number of rotatable bonds is 7. The van der Waals surface area contributed by atoms with Gasteiger partial charge in [-0.2, -0.15) is 0 Å². The summed E-state index contributed by atoms with van der Waals surface area (Å²) in [5.41, 5.74) is 2.72. The molecule has 1 unspecified atom stereocenters. The van der Waals surface area contributed by atoms with Crippen LogP contribution in [0.1, 0.15) is 57.3 Å². The van der Waals surface area contributed by atoms with Crippen LogP contribution in [0.5, 0.6) is 0 Å². The third-order valence-electron chi connectivity index (χ3n) is 3.77. The topological polar surface area (TPSA) is 21.3 Å². The fourth-order valence-electron chi connectivity index (χ4n) is 2.33. The standard InChI is InChI=1S/C18H29NO/c1-14-6-5-7-16(12-14)17(13-19-18(2,3)4)20-11-10-15-8-9-15/h5-7,12,15,17,19H,8-11,13H2,1-4H3. The van der Waals surface area contributed by atoms with Crippen LogP contribution in [0.15, 0.2) is 24.3 Å². The summed E-state index contributed by atoms with van der Waals surface area (Å²) in [5.74, 6) is 0.934. The maximum Gasteiger partial charge on any atom is 0.0949 e. The van der Waals surface area contributed by atoms with Crippen molar-refractivity contribution in [1.29, 1.82) is 0 Å². The molecular weight excluding hydrogens is 246 g/mol. The molecule has 0 heterocycles. The van der Waals surface area contributed by atoms with Crippen LogP contribution in [0.4, 0.5) is 0 Å². The van der Waals surface area contributed by atoms with Gasteiger partial charge in [-0.25, -0.2) is 0 Å². The Labute approximate surface area is 123 Å². The van der Waals surface area contributed by atoms with Crippen molar-refractivity contribution in [3.8, 4) is 0 Å². The van der Waals surface area contributed by atoms with Gasteiger partial charge in [-0.3, -0.25) is 0 Å². The Bertz CT molecular complexity index is 418. The summed E-state index contributed by atoms with van der Waals surface area (Å²) >= 11 is 0. The van der Waals surface area contributed by atoms with Crippen molar-refractivity contribution in [2.75, 3.05) is 13.2 Å². The van der Waals surface area contributed by atoms with E-state index in [1.54, 1.807) is 0 Å². The summed E-state index contributed by atoms with van der Waals surface area (Å²) < 4.78 is 6.17. The molecule has 1 atom stereocenters. The highest BCUT2D eigenvalue weighted by atomic mass is 16.5. The molecular formula is C18H29NO. The fraction of sp³-hybridized carbons (Fsp3) is 0.667. The second-order valence-electron chi connectivity index (χ2n) is 7.14. The van der Waals surface area contributed by atoms with Crippen molar-refractivity contribution in [3.05, 3.63) is 35.4 Å². The molecule has 2 rings (SSSR count). The van der Waals surface area contributed by atoms with Gasteiger partial charge in [-0.15, -0.1) is 0 Å². The predicted octanol–water partition coefficient (Wildman–Crippen LogP) is 4.24. The normalized spacial score (nSPS) is 17.2. The van der Waals surface area contributed by atoms with Crippen molar-refractivity contribution in [3.63, 3.8) is 0 Å². The van der Waals surface area contributed by atoms with Crippen LogP contribution >= 0.6 is 0 Å². The second-order valence-corrected chi connectivity index (χ2v) is 7.14. The molecule has 1 aliphatic carbocycles. The zero-order valence-electron chi connectivity index (χ0n) is 13.4. The van der Waals surface area contributed by atoms with Gasteiger partial charge in [-0.1, -0.05) is 42.7 Å². The van der Waals surface area contributed by atoms with E-state index in [1.807, 2.05) is 0 Å². The third kappa shape index (κ3) is 5.64. The summed E-state index contributed by atoms with van der Waals surface area (Å²) in [6, 6.07) is 8.69. The Morgan fingerprint density at radius 1 is 1.30 bits per heavy atom. The van der Waals surface area contributed by atoms with Crippen LogP contribution in [0.25, 0.3) is 0 Å². The zero-order valence-corrected chi connectivity index (χ0v) is 13.4. The van der Waals surface area contributed by atoms with Crippen LogP contribution in [0, 0.1) is 12.8 Å². The fourth-order valence-corrected chi connectivity index (χ4v) is 2.33. The van der Waals surface area contributed by atoms with Crippen LogP contribution in [-0.4, -0.2) is 18.7 Å². The van der Waals surface area contributed by atoms with E-state index >= 15 is 0 Å². The van der Waals surface area contributed by atoms with Crippen molar-refractivity contribution in [2.24, 2.45) is 5.92 Å². The van der Waals surface area contributed by atoms with E-state index in [0.29, 0.717) is 0 Å². The van der Waals surface area contributed by atoms with Gasteiger partial charge in [0.1, 0.15) is 0 Å². The van der Waals surface area contributed by atoms with Crippen molar-refractivity contribution in [1.82, 2.24) is 5.32 Å². The maximum atomic E-state index is 6.17. The molecule has 1 aromatic rings. The number of hydrogen-bond acceptors (Lipinski definition) is 2. The number of nitrogens with one attached hydrogen (secondary N) is 1. The lowest BCUT2D eigenvalue weighted by Crippen LogP contribution is -2.39. The number of ether oxygens (including phenoxy) is 1. The van der Waals surface area contributed by atoms with E-state index in [9.17, 15) is 0 Å². The van der Waals surface area contributed by atoms with Gasteiger partial charge in [0.2, 0.25) is 0 Å². The first-order valence-corrected chi connectivity index (χ1v) is 7.87. The van der Waals surface area contributed by atoms with Crippen molar-refractivity contribution >= 4 is 0 Å². The smallest absolute Gasteiger partial charge is 0.0949 e. The van der Waals surface area contributed by atoms with Crippen LogP contribution in [-0.2, 0) is 4.74 Å². The SMILES string of the molecule is Cc1cccc(C(CNC(C)(C)C)OCCC2CC2)c1. The highest BCUT2D eigenvalue weighted by Crippen LogP contribution is 2.32. The highest BCUT2D eigenvalue weighted by molar-refractivity contribution is 5.24. The molecule has 2 heteroatoms. The van der Waals surface area contributed by atoms with Crippen LogP contribution in [0.3, 0.4) is 0 Å². The highest BCUT2D eigenvalue weighted by Gasteiger charge is 2.22. The van der Waals surface area contributed by atoms with Crippen LogP contribution < -0.4 is 5.32 Å². The van der Waals surface area contributed by atoms with Gasteiger partial charge in [0.25, 0.3) is 0 Å². The monoisotopic (exact) mass is 275 g/mol. The minimum absolute atomic E-state index is 0.127. The molecule has 0 aromatic heterocycles. The molecule has 0 aliphatic heterocycles. The van der Waals surface area contributed by atoms with E-state index in [-0.39, 0.29) is 11.6 Å². The lowest BCUT2D eigenvalue weighted by Gasteiger charge is -2.26. The average Bonchev–Trinajstić information content (AvgIpc) is 3.16. The summed E-state index contributed by atoms with van der Waals surface area (Å²) in [4.78, 5) is 0. The molecule has 0 saturated heterocycles. The van der Waals surface area contributed by atoms with Crippen molar-refractivity contribution in [2.45, 2.75) is 58.6 Å². The van der Waals surface area contributed by atoms with E-state index in [1.165, 1.54) is 30.4 Å².